The van der Waals surface area contributed by atoms with E-state index in [4.69, 9.17) is 4.74 Å². The number of ether oxygens (including phenoxy) is 1. The summed E-state index contributed by atoms with van der Waals surface area (Å²) < 4.78 is 5.25. The first-order valence-electron chi connectivity index (χ1n) is 9.86. The lowest BCUT2D eigenvalue weighted by molar-refractivity contribution is -0.114. The van der Waals surface area contributed by atoms with E-state index < -0.39 is 5.97 Å². The fraction of sp³-hybridized carbons (Fsp3) is 0.250. The fourth-order valence-corrected chi connectivity index (χ4v) is 4.06. The number of rotatable bonds is 7. The molecule has 0 radical (unpaired) electrons. The number of amides is 1. The maximum absolute atomic E-state index is 12.6. The standard InChI is InChI=1S/C24H26N2O3S/c1-5-29-24(28)22-19(18-11-9-15(2)10-12-18)14-30-23(22)26-21(27)13-25-20-8-6-7-16(3)17(20)4/h6-12,14,25H,5,13H2,1-4H3,(H,26,27). The van der Waals surface area contributed by atoms with E-state index in [0.29, 0.717) is 10.6 Å². The van der Waals surface area contributed by atoms with Gasteiger partial charge in [0.1, 0.15) is 10.6 Å². The second-order valence-corrected chi connectivity index (χ2v) is 7.97. The first kappa shape index (κ1) is 21.6. The van der Waals surface area contributed by atoms with Gasteiger partial charge in [-0.3, -0.25) is 4.79 Å². The zero-order valence-corrected chi connectivity index (χ0v) is 18.5. The van der Waals surface area contributed by atoms with E-state index >= 15 is 0 Å². The average Bonchev–Trinajstić information content (AvgIpc) is 3.13. The smallest absolute Gasteiger partial charge is 0.341 e. The number of aryl methyl sites for hydroxylation is 2. The van der Waals surface area contributed by atoms with Crippen molar-refractivity contribution in [3.63, 3.8) is 0 Å². The van der Waals surface area contributed by atoms with Crippen LogP contribution in [0.15, 0.2) is 47.8 Å². The molecule has 0 saturated carbocycles. The van der Waals surface area contributed by atoms with E-state index in [2.05, 4.69) is 10.6 Å². The summed E-state index contributed by atoms with van der Waals surface area (Å²) in [6.45, 7) is 8.19. The Morgan fingerprint density at radius 3 is 2.47 bits per heavy atom. The predicted octanol–water partition coefficient (Wildman–Crippen LogP) is 5.57. The van der Waals surface area contributed by atoms with Crippen LogP contribution in [0.25, 0.3) is 11.1 Å². The highest BCUT2D eigenvalue weighted by atomic mass is 32.1. The Labute approximate surface area is 181 Å². The van der Waals surface area contributed by atoms with Crippen molar-refractivity contribution in [2.75, 3.05) is 23.8 Å². The van der Waals surface area contributed by atoms with Crippen LogP contribution in [-0.4, -0.2) is 25.0 Å². The molecule has 1 aromatic heterocycles. The zero-order valence-electron chi connectivity index (χ0n) is 17.7. The number of benzene rings is 2. The molecule has 0 bridgehead atoms. The molecule has 1 heterocycles. The molecular formula is C24H26N2O3S. The molecule has 5 nitrogen and oxygen atoms in total. The van der Waals surface area contributed by atoms with Crippen molar-refractivity contribution in [3.05, 3.63) is 70.1 Å². The number of esters is 1. The molecule has 0 aliphatic heterocycles. The lowest BCUT2D eigenvalue weighted by Gasteiger charge is -2.12. The number of anilines is 2. The van der Waals surface area contributed by atoms with E-state index in [1.165, 1.54) is 11.3 Å². The lowest BCUT2D eigenvalue weighted by atomic mass is 10.0. The molecular weight excluding hydrogens is 396 g/mol. The molecule has 0 saturated heterocycles. The van der Waals surface area contributed by atoms with Gasteiger partial charge in [-0.05, 0) is 50.5 Å². The van der Waals surface area contributed by atoms with E-state index in [-0.39, 0.29) is 19.1 Å². The van der Waals surface area contributed by atoms with Gasteiger partial charge in [-0.2, -0.15) is 0 Å². The van der Waals surface area contributed by atoms with Crippen molar-refractivity contribution in [2.24, 2.45) is 0 Å². The minimum atomic E-state index is -0.438. The van der Waals surface area contributed by atoms with Gasteiger partial charge < -0.3 is 15.4 Å². The van der Waals surface area contributed by atoms with Gasteiger partial charge >= 0.3 is 5.97 Å². The SMILES string of the molecule is CCOC(=O)c1c(-c2ccc(C)cc2)csc1NC(=O)CNc1cccc(C)c1C. The molecule has 2 aromatic carbocycles. The number of nitrogens with one attached hydrogen (secondary N) is 2. The Hall–Kier alpha value is -3.12. The van der Waals surface area contributed by atoms with Gasteiger partial charge in [0, 0.05) is 16.6 Å². The third-order valence-electron chi connectivity index (χ3n) is 4.93. The van der Waals surface area contributed by atoms with E-state index in [1.807, 2.05) is 68.6 Å². The van der Waals surface area contributed by atoms with Gasteiger partial charge in [0.2, 0.25) is 5.91 Å². The van der Waals surface area contributed by atoms with Crippen molar-refractivity contribution in [2.45, 2.75) is 27.7 Å². The number of hydrogen-bond acceptors (Lipinski definition) is 5. The van der Waals surface area contributed by atoms with Gasteiger partial charge in [-0.25, -0.2) is 4.79 Å². The number of hydrogen-bond donors (Lipinski definition) is 2. The predicted molar refractivity (Wildman–Crippen MR) is 123 cm³/mol. The maximum Gasteiger partial charge on any atom is 0.341 e. The van der Waals surface area contributed by atoms with Crippen LogP contribution in [0.2, 0.25) is 0 Å². The average molecular weight is 423 g/mol. The normalized spacial score (nSPS) is 10.5. The lowest BCUT2D eigenvalue weighted by Crippen LogP contribution is -2.23. The highest BCUT2D eigenvalue weighted by molar-refractivity contribution is 7.15. The van der Waals surface area contributed by atoms with Crippen LogP contribution < -0.4 is 10.6 Å². The Kier molecular flexibility index (Phi) is 6.90. The monoisotopic (exact) mass is 422 g/mol. The van der Waals surface area contributed by atoms with E-state index in [1.54, 1.807) is 6.92 Å². The molecule has 2 N–H and O–H groups in total. The molecule has 0 atom stereocenters. The molecule has 1 amide bonds. The van der Waals surface area contributed by atoms with Gasteiger partial charge in [-0.1, -0.05) is 42.0 Å². The molecule has 30 heavy (non-hydrogen) atoms. The van der Waals surface area contributed by atoms with Crippen molar-refractivity contribution in [1.29, 1.82) is 0 Å². The summed E-state index contributed by atoms with van der Waals surface area (Å²) in [4.78, 5) is 25.2. The number of carbonyl (C=O) groups excluding carboxylic acids is 2. The summed E-state index contributed by atoms with van der Waals surface area (Å²) in [5.74, 6) is -0.661. The minimum Gasteiger partial charge on any atom is -0.462 e. The van der Waals surface area contributed by atoms with Crippen LogP contribution in [-0.2, 0) is 9.53 Å². The second kappa shape index (κ2) is 9.59. The van der Waals surface area contributed by atoms with Crippen molar-refractivity contribution >= 4 is 33.9 Å². The summed E-state index contributed by atoms with van der Waals surface area (Å²) in [7, 11) is 0. The topological polar surface area (TPSA) is 67.4 Å². The quantitative estimate of drug-likeness (QED) is 0.489. The first-order chi connectivity index (χ1) is 14.4. The highest BCUT2D eigenvalue weighted by Crippen LogP contribution is 2.36. The Balaban J connectivity index is 1.80. The van der Waals surface area contributed by atoms with E-state index in [0.717, 1.165) is 33.5 Å². The third-order valence-corrected chi connectivity index (χ3v) is 5.83. The zero-order chi connectivity index (χ0) is 21.7. The van der Waals surface area contributed by atoms with Gasteiger partial charge in [0.15, 0.2) is 0 Å². The molecule has 0 unspecified atom stereocenters. The minimum absolute atomic E-state index is 0.102. The van der Waals surface area contributed by atoms with Gasteiger partial charge in [0.05, 0.1) is 13.2 Å². The first-order valence-corrected chi connectivity index (χ1v) is 10.7. The Morgan fingerprint density at radius 1 is 1.03 bits per heavy atom. The van der Waals surface area contributed by atoms with Crippen LogP contribution in [0.3, 0.4) is 0 Å². The van der Waals surface area contributed by atoms with Crippen molar-refractivity contribution < 1.29 is 14.3 Å². The van der Waals surface area contributed by atoms with Crippen molar-refractivity contribution in [1.82, 2.24) is 0 Å². The summed E-state index contributed by atoms with van der Waals surface area (Å²) in [6.07, 6.45) is 0. The number of carbonyl (C=O) groups is 2. The van der Waals surface area contributed by atoms with Crippen LogP contribution in [0.5, 0.6) is 0 Å². The molecule has 156 valence electrons. The molecule has 0 aliphatic carbocycles. The van der Waals surface area contributed by atoms with E-state index in [9.17, 15) is 9.59 Å². The van der Waals surface area contributed by atoms with Crippen LogP contribution in [0.4, 0.5) is 10.7 Å². The van der Waals surface area contributed by atoms with Gasteiger partial charge in [0.25, 0.3) is 0 Å². The summed E-state index contributed by atoms with van der Waals surface area (Å²) >= 11 is 1.32. The molecule has 3 rings (SSSR count). The van der Waals surface area contributed by atoms with Crippen LogP contribution in [0, 0.1) is 20.8 Å². The van der Waals surface area contributed by atoms with Crippen molar-refractivity contribution in [3.8, 4) is 11.1 Å². The fourth-order valence-electron chi connectivity index (χ4n) is 3.09. The molecule has 3 aromatic rings. The summed E-state index contributed by atoms with van der Waals surface area (Å²) in [6, 6.07) is 13.9. The summed E-state index contributed by atoms with van der Waals surface area (Å²) in [5, 5.41) is 8.42. The largest absolute Gasteiger partial charge is 0.462 e. The molecule has 0 spiro atoms. The molecule has 0 fully saturated rings. The number of thiophene rings is 1. The Morgan fingerprint density at radius 2 is 1.77 bits per heavy atom. The third kappa shape index (κ3) is 4.89. The van der Waals surface area contributed by atoms with Crippen LogP contribution >= 0.6 is 11.3 Å². The van der Waals surface area contributed by atoms with Crippen LogP contribution in [0.1, 0.15) is 34.0 Å². The maximum atomic E-state index is 12.6. The second-order valence-electron chi connectivity index (χ2n) is 7.09. The Bertz CT molecular complexity index is 1050. The molecule has 6 heteroatoms. The highest BCUT2D eigenvalue weighted by Gasteiger charge is 2.22. The summed E-state index contributed by atoms with van der Waals surface area (Å²) in [5.41, 5.74) is 6.39. The van der Waals surface area contributed by atoms with Gasteiger partial charge in [-0.15, -0.1) is 11.3 Å². The molecule has 0 aliphatic rings.